The van der Waals surface area contributed by atoms with Crippen LogP contribution in [0, 0.1) is 5.92 Å². The molecule has 0 radical (unpaired) electrons. The largest absolute Gasteiger partial charge is 0.494 e. The third kappa shape index (κ3) is 4.90. The number of piperidine rings is 1. The van der Waals surface area contributed by atoms with E-state index in [1.165, 1.54) is 16.7 Å². The number of nitrogens with zero attached hydrogens (tertiary/aromatic N) is 2. The maximum Gasteiger partial charge on any atom is 0.266 e. The molecule has 2 heterocycles. The van der Waals surface area contributed by atoms with Crippen molar-refractivity contribution in [3.8, 4) is 5.75 Å². The minimum absolute atomic E-state index is 0.0273. The number of rotatable bonds is 5. The van der Waals surface area contributed by atoms with Crippen LogP contribution in [0.25, 0.3) is 6.08 Å². The highest BCUT2D eigenvalue weighted by molar-refractivity contribution is 8.26. The third-order valence-corrected chi connectivity index (χ3v) is 6.17. The predicted molar refractivity (Wildman–Crippen MR) is 112 cm³/mol. The van der Waals surface area contributed by atoms with Crippen molar-refractivity contribution in [2.75, 3.05) is 26.2 Å². The Bertz CT molecular complexity index is 753. The molecule has 0 saturated carbocycles. The van der Waals surface area contributed by atoms with Gasteiger partial charge in [-0.15, -0.1) is 0 Å². The Labute approximate surface area is 169 Å². The fourth-order valence-corrected chi connectivity index (χ4v) is 4.36. The molecule has 2 aliphatic rings. The lowest BCUT2D eigenvalue weighted by atomic mass is 9.99. The van der Waals surface area contributed by atoms with Crippen LogP contribution in [0.1, 0.15) is 32.3 Å². The van der Waals surface area contributed by atoms with Gasteiger partial charge < -0.3 is 9.64 Å². The summed E-state index contributed by atoms with van der Waals surface area (Å²) < 4.78 is 5.87. The first-order chi connectivity index (χ1) is 13.0. The molecule has 1 aromatic carbocycles. The van der Waals surface area contributed by atoms with Crippen LogP contribution in [-0.2, 0) is 9.59 Å². The van der Waals surface area contributed by atoms with E-state index in [4.69, 9.17) is 17.0 Å². The van der Waals surface area contributed by atoms with Gasteiger partial charge in [0.1, 0.15) is 16.6 Å². The van der Waals surface area contributed by atoms with Gasteiger partial charge in [0.05, 0.1) is 11.5 Å². The molecule has 0 N–H and O–H groups in total. The van der Waals surface area contributed by atoms with Crippen molar-refractivity contribution in [3.63, 3.8) is 0 Å². The standard InChI is InChI=1S/C20H24N2O3S2/c1-3-25-16-6-4-15(5-7-16)12-17-19(24)22(20(26)27-17)13-18(23)21-10-8-14(2)9-11-21/h4-7,12,14H,3,8-11,13H2,1-2H3. The molecule has 5 nitrogen and oxygen atoms in total. The maximum absolute atomic E-state index is 12.7. The van der Waals surface area contributed by atoms with Crippen LogP contribution >= 0.6 is 24.0 Å². The van der Waals surface area contributed by atoms with Gasteiger partial charge in [-0.3, -0.25) is 14.5 Å². The van der Waals surface area contributed by atoms with Gasteiger partial charge in [-0.1, -0.05) is 43.0 Å². The Kier molecular flexibility index (Phi) is 6.55. The first-order valence-electron chi connectivity index (χ1n) is 9.24. The van der Waals surface area contributed by atoms with E-state index in [0.717, 1.165) is 37.2 Å². The molecule has 0 aliphatic carbocycles. The van der Waals surface area contributed by atoms with Crippen LogP contribution in [0.2, 0.25) is 0 Å². The first-order valence-corrected chi connectivity index (χ1v) is 10.5. The normalized spacial score (nSPS) is 19.9. The predicted octanol–water partition coefficient (Wildman–Crippen LogP) is 3.55. The molecule has 0 spiro atoms. The molecule has 2 saturated heterocycles. The van der Waals surface area contributed by atoms with Crippen molar-refractivity contribution in [2.24, 2.45) is 5.92 Å². The lowest BCUT2D eigenvalue weighted by Gasteiger charge is -2.31. The van der Waals surface area contributed by atoms with Crippen molar-refractivity contribution in [2.45, 2.75) is 26.7 Å². The van der Waals surface area contributed by atoms with Gasteiger partial charge in [0.2, 0.25) is 5.91 Å². The Morgan fingerprint density at radius 1 is 1.30 bits per heavy atom. The molecule has 2 fully saturated rings. The lowest BCUT2D eigenvalue weighted by molar-refractivity contribution is -0.136. The smallest absolute Gasteiger partial charge is 0.266 e. The van der Waals surface area contributed by atoms with E-state index >= 15 is 0 Å². The van der Waals surface area contributed by atoms with Crippen LogP contribution in [-0.4, -0.2) is 52.2 Å². The molecule has 7 heteroatoms. The zero-order valence-electron chi connectivity index (χ0n) is 15.6. The minimum atomic E-state index is -0.197. The highest BCUT2D eigenvalue weighted by Crippen LogP contribution is 2.33. The van der Waals surface area contributed by atoms with Crippen LogP contribution in [0.4, 0.5) is 0 Å². The van der Waals surface area contributed by atoms with Gasteiger partial charge in [0.15, 0.2) is 0 Å². The Morgan fingerprint density at radius 2 is 1.96 bits per heavy atom. The molecule has 0 unspecified atom stereocenters. The van der Waals surface area contributed by atoms with Crippen LogP contribution in [0.5, 0.6) is 5.75 Å². The fourth-order valence-electron chi connectivity index (χ4n) is 3.11. The molecule has 2 aliphatic heterocycles. The summed E-state index contributed by atoms with van der Waals surface area (Å²) in [5.41, 5.74) is 0.898. The number of amides is 2. The number of likely N-dealkylation sites (tertiary alicyclic amines) is 1. The minimum Gasteiger partial charge on any atom is -0.494 e. The summed E-state index contributed by atoms with van der Waals surface area (Å²) in [5.74, 6) is 1.23. The molecule has 144 valence electrons. The molecular weight excluding hydrogens is 380 g/mol. The average molecular weight is 405 g/mol. The van der Waals surface area contributed by atoms with E-state index in [2.05, 4.69) is 6.92 Å². The van der Waals surface area contributed by atoms with E-state index in [9.17, 15) is 9.59 Å². The zero-order chi connectivity index (χ0) is 19.4. The summed E-state index contributed by atoms with van der Waals surface area (Å²) in [7, 11) is 0. The third-order valence-electron chi connectivity index (χ3n) is 4.79. The van der Waals surface area contributed by atoms with Crippen molar-refractivity contribution in [3.05, 3.63) is 34.7 Å². The number of thioether (sulfide) groups is 1. The SMILES string of the molecule is CCOc1ccc(C=C2SC(=S)N(CC(=O)N3CCC(C)CC3)C2=O)cc1. The Hall–Kier alpha value is -1.86. The molecule has 0 bridgehead atoms. The summed E-state index contributed by atoms with van der Waals surface area (Å²) in [6.45, 7) is 6.30. The van der Waals surface area contributed by atoms with E-state index in [-0.39, 0.29) is 18.4 Å². The maximum atomic E-state index is 12.7. The first kappa shape index (κ1) is 19.9. The summed E-state index contributed by atoms with van der Waals surface area (Å²) in [5, 5.41) is 0. The van der Waals surface area contributed by atoms with Gasteiger partial charge in [0, 0.05) is 13.1 Å². The van der Waals surface area contributed by atoms with Crippen LogP contribution < -0.4 is 4.74 Å². The van der Waals surface area contributed by atoms with E-state index in [0.29, 0.717) is 21.8 Å². The second kappa shape index (κ2) is 8.89. The summed E-state index contributed by atoms with van der Waals surface area (Å²) >= 11 is 6.59. The number of ether oxygens (including phenoxy) is 1. The number of carbonyl (C=O) groups excluding carboxylic acids is 2. The van der Waals surface area contributed by atoms with Crippen molar-refractivity contribution < 1.29 is 14.3 Å². The summed E-state index contributed by atoms with van der Waals surface area (Å²) in [6.07, 6.45) is 3.84. The number of benzene rings is 1. The van der Waals surface area contributed by atoms with Crippen LogP contribution in [0.3, 0.4) is 0 Å². The molecular formula is C20H24N2O3S2. The van der Waals surface area contributed by atoms with E-state index in [1.807, 2.05) is 42.2 Å². The number of hydrogen-bond donors (Lipinski definition) is 0. The van der Waals surface area contributed by atoms with Gasteiger partial charge in [-0.05, 0) is 49.5 Å². The number of thiocarbonyl (C=S) groups is 1. The molecule has 2 amide bonds. The molecule has 1 aromatic rings. The highest BCUT2D eigenvalue weighted by atomic mass is 32.2. The van der Waals surface area contributed by atoms with Crippen molar-refractivity contribution in [1.82, 2.24) is 9.80 Å². The fraction of sp³-hybridized carbons (Fsp3) is 0.450. The molecule has 3 rings (SSSR count). The Morgan fingerprint density at radius 3 is 2.59 bits per heavy atom. The monoisotopic (exact) mass is 404 g/mol. The van der Waals surface area contributed by atoms with Gasteiger partial charge in [0.25, 0.3) is 5.91 Å². The zero-order valence-corrected chi connectivity index (χ0v) is 17.3. The van der Waals surface area contributed by atoms with Gasteiger partial charge in [-0.2, -0.15) is 0 Å². The van der Waals surface area contributed by atoms with Gasteiger partial charge >= 0.3 is 0 Å². The van der Waals surface area contributed by atoms with E-state index in [1.54, 1.807) is 0 Å². The van der Waals surface area contributed by atoms with Crippen molar-refractivity contribution in [1.29, 1.82) is 0 Å². The van der Waals surface area contributed by atoms with Crippen LogP contribution in [0.15, 0.2) is 29.2 Å². The van der Waals surface area contributed by atoms with Crippen molar-refractivity contribution >= 4 is 46.2 Å². The highest BCUT2D eigenvalue weighted by Gasteiger charge is 2.34. The van der Waals surface area contributed by atoms with E-state index < -0.39 is 0 Å². The average Bonchev–Trinajstić information content (AvgIpc) is 2.91. The quantitative estimate of drug-likeness (QED) is 0.555. The second-order valence-corrected chi connectivity index (χ2v) is 8.51. The summed E-state index contributed by atoms with van der Waals surface area (Å²) in [6, 6.07) is 7.54. The number of hydrogen-bond acceptors (Lipinski definition) is 5. The molecule has 0 aromatic heterocycles. The molecule has 0 atom stereocenters. The van der Waals surface area contributed by atoms with Gasteiger partial charge in [-0.25, -0.2) is 0 Å². The number of carbonyl (C=O) groups is 2. The molecule has 27 heavy (non-hydrogen) atoms. The lowest BCUT2D eigenvalue weighted by Crippen LogP contribution is -2.45. The Balaban J connectivity index is 1.64. The summed E-state index contributed by atoms with van der Waals surface area (Å²) in [4.78, 5) is 29.1. The second-order valence-electron chi connectivity index (χ2n) is 6.83. The topological polar surface area (TPSA) is 49.9 Å².